The summed E-state index contributed by atoms with van der Waals surface area (Å²) in [5.74, 6) is 2.63. The molecule has 0 aliphatic rings. The van der Waals surface area contributed by atoms with Crippen molar-refractivity contribution in [3.63, 3.8) is 0 Å². The second-order valence-electron chi connectivity index (χ2n) is 4.73. The van der Waals surface area contributed by atoms with Gasteiger partial charge in [0.05, 0.1) is 5.92 Å². The maximum absolute atomic E-state index is 5.69. The highest BCUT2D eigenvalue weighted by atomic mass is 16.5. The second-order valence-corrected chi connectivity index (χ2v) is 4.73. The van der Waals surface area contributed by atoms with Gasteiger partial charge in [-0.15, -0.1) is 0 Å². The second kappa shape index (κ2) is 5.26. The van der Waals surface area contributed by atoms with E-state index in [0.29, 0.717) is 24.3 Å². The van der Waals surface area contributed by atoms with Crippen molar-refractivity contribution in [3.05, 3.63) is 11.7 Å². The van der Waals surface area contributed by atoms with Gasteiger partial charge < -0.3 is 10.3 Å². The minimum atomic E-state index is 0.179. The standard InChI is InChI=1S/C11H21N3O/c1-7(2)5-10-13-11(15-14-10)9(6-12)8(3)4/h7-9H,5-6,12H2,1-4H3. The van der Waals surface area contributed by atoms with Crippen molar-refractivity contribution in [2.45, 2.75) is 40.0 Å². The quantitative estimate of drug-likeness (QED) is 0.808. The van der Waals surface area contributed by atoms with Gasteiger partial charge >= 0.3 is 0 Å². The zero-order valence-electron chi connectivity index (χ0n) is 10.0. The van der Waals surface area contributed by atoms with Crippen molar-refractivity contribution < 1.29 is 4.52 Å². The molecule has 15 heavy (non-hydrogen) atoms. The van der Waals surface area contributed by atoms with Gasteiger partial charge in [-0.3, -0.25) is 0 Å². The molecule has 0 spiro atoms. The normalized spacial score (nSPS) is 13.8. The molecule has 1 heterocycles. The molecule has 0 amide bonds. The van der Waals surface area contributed by atoms with Crippen LogP contribution in [0.2, 0.25) is 0 Å². The van der Waals surface area contributed by atoms with Crippen LogP contribution in [0.1, 0.15) is 45.3 Å². The summed E-state index contributed by atoms with van der Waals surface area (Å²) in [6.45, 7) is 9.06. The lowest BCUT2D eigenvalue weighted by atomic mass is 9.96. The van der Waals surface area contributed by atoms with Crippen LogP contribution in [0.15, 0.2) is 4.52 Å². The average Bonchev–Trinajstić information content (AvgIpc) is 2.52. The Kier molecular flexibility index (Phi) is 4.27. The van der Waals surface area contributed by atoms with Gasteiger partial charge in [-0.1, -0.05) is 32.9 Å². The van der Waals surface area contributed by atoms with Crippen molar-refractivity contribution >= 4 is 0 Å². The van der Waals surface area contributed by atoms with Gasteiger partial charge in [0, 0.05) is 13.0 Å². The van der Waals surface area contributed by atoms with Crippen molar-refractivity contribution in [3.8, 4) is 0 Å². The molecule has 1 unspecified atom stereocenters. The Balaban J connectivity index is 2.73. The smallest absolute Gasteiger partial charge is 0.231 e. The number of rotatable bonds is 5. The van der Waals surface area contributed by atoms with E-state index in [1.54, 1.807) is 0 Å². The molecule has 86 valence electrons. The predicted octanol–water partition coefficient (Wildman–Crippen LogP) is 1.97. The van der Waals surface area contributed by atoms with E-state index in [2.05, 4.69) is 37.8 Å². The summed E-state index contributed by atoms with van der Waals surface area (Å²) in [4.78, 5) is 4.39. The Hall–Kier alpha value is -0.900. The van der Waals surface area contributed by atoms with E-state index in [0.717, 1.165) is 12.2 Å². The molecule has 1 rings (SSSR count). The minimum absolute atomic E-state index is 0.179. The van der Waals surface area contributed by atoms with Crippen LogP contribution in [0.25, 0.3) is 0 Å². The van der Waals surface area contributed by atoms with Crippen molar-refractivity contribution in [2.24, 2.45) is 17.6 Å². The molecule has 1 aromatic heterocycles. The maximum Gasteiger partial charge on any atom is 0.231 e. The number of nitrogens with two attached hydrogens (primary N) is 1. The van der Waals surface area contributed by atoms with E-state index in [-0.39, 0.29) is 5.92 Å². The highest BCUT2D eigenvalue weighted by Crippen LogP contribution is 2.21. The van der Waals surface area contributed by atoms with Gasteiger partial charge in [0.1, 0.15) is 0 Å². The monoisotopic (exact) mass is 211 g/mol. The first-order valence-corrected chi connectivity index (χ1v) is 5.57. The lowest BCUT2D eigenvalue weighted by Gasteiger charge is -2.13. The van der Waals surface area contributed by atoms with Crippen molar-refractivity contribution in [2.75, 3.05) is 6.54 Å². The molecule has 0 fully saturated rings. The molecular weight excluding hydrogens is 190 g/mol. The van der Waals surface area contributed by atoms with E-state index in [1.807, 2.05) is 0 Å². The molecule has 0 saturated heterocycles. The van der Waals surface area contributed by atoms with E-state index in [4.69, 9.17) is 10.3 Å². The number of nitrogens with zero attached hydrogens (tertiary/aromatic N) is 2. The highest BCUT2D eigenvalue weighted by Gasteiger charge is 2.21. The molecule has 0 aliphatic carbocycles. The van der Waals surface area contributed by atoms with E-state index >= 15 is 0 Å². The molecule has 0 aliphatic heterocycles. The Morgan fingerprint density at radius 3 is 2.40 bits per heavy atom. The molecule has 4 heteroatoms. The molecule has 4 nitrogen and oxygen atoms in total. The fourth-order valence-electron chi connectivity index (χ4n) is 1.52. The number of aromatic nitrogens is 2. The molecule has 1 aromatic rings. The summed E-state index contributed by atoms with van der Waals surface area (Å²) in [6.07, 6.45) is 0.860. The summed E-state index contributed by atoms with van der Waals surface area (Å²) in [5, 5.41) is 3.97. The fourth-order valence-corrected chi connectivity index (χ4v) is 1.52. The van der Waals surface area contributed by atoms with E-state index < -0.39 is 0 Å². The van der Waals surface area contributed by atoms with Crippen molar-refractivity contribution in [1.29, 1.82) is 0 Å². The average molecular weight is 211 g/mol. The summed E-state index contributed by atoms with van der Waals surface area (Å²) >= 11 is 0. The summed E-state index contributed by atoms with van der Waals surface area (Å²) in [5.41, 5.74) is 5.69. The minimum Gasteiger partial charge on any atom is -0.339 e. The molecule has 0 aromatic carbocycles. The Labute approximate surface area is 91.2 Å². The van der Waals surface area contributed by atoms with Crippen LogP contribution < -0.4 is 5.73 Å². The summed E-state index contributed by atoms with van der Waals surface area (Å²) < 4.78 is 5.24. The number of hydrogen-bond donors (Lipinski definition) is 1. The Morgan fingerprint density at radius 2 is 1.93 bits per heavy atom. The van der Waals surface area contributed by atoms with Gasteiger partial charge in [0.25, 0.3) is 0 Å². The van der Waals surface area contributed by atoms with E-state index in [9.17, 15) is 0 Å². The maximum atomic E-state index is 5.69. The summed E-state index contributed by atoms with van der Waals surface area (Å²) in [7, 11) is 0. The first-order chi connectivity index (χ1) is 7.04. The summed E-state index contributed by atoms with van der Waals surface area (Å²) in [6, 6.07) is 0. The largest absolute Gasteiger partial charge is 0.339 e. The first-order valence-electron chi connectivity index (χ1n) is 5.57. The zero-order valence-corrected chi connectivity index (χ0v) is 10.0. The molecule has 0 bridgehead atoms. The Bertz CT molecular complexity index is 294. The first kappa shape index (κ1) is 12.2. The third kappa shape index (κ3) is 3.30. The van der Waals surface area contributed by atoms with Gasteiger partial charge in [0.2, 0.25) is 5.89 Å². The van der Waals surface area contributed by atoms with Gasteiger partial charge in [-0.2, -0.15) is 4.98 Å². The fraction of sp³-hybridized carbons (Fsp3) is 0.818. The van der Waals surface area contributed by atoms with Gasteiger partial charge in [-0.25, -0.2) is 0 Å². The highest BCUT2D eigenvalue weighted by molar-refractivity contribution is 4.96. The molecule has 2 N–H and O–H groups in total. The topological polar surface area (TPSA) is 64.9 Å². The molecular formula is C11H21N3O. The van der Waals surface area contributed by atoms with Crippen LogP contribution >= 0.6 is 0 Å². The lowest BCUT2D eigenvalue weighted by molar-refractivity contribution is 0.321. The van der Waals surface area contributed by atoms with Crippen LogP contribution in [0.5, 0.6) is 0 Å². The molecule has 0 saturated carbocycles. The molecule has 0 radical (unpaired) electrons. The van der Waals surface area contributed by atoms with Crippen LogP contribution in [0.3, 0.4) is 0 Å². The number of hydrogen-bond acceptors (Lipinski definition) is 4. The third-order valence-corrected chi connectivity index (χ3v) is 2.45. The van der Waals surface area contributed by atoms with Crippen molar-refractivity contribution in [1.82, 2.24) is 10.1 Å². The van der Waals surface area contributed by atoms with Crippen LogP contribution in [0, 0.1) is 11.8 Å². The SMILES string of the molecule is CC(C)Cc1noc(C(CN)C(C)C)n1. The van der Waals surface area contributed by atoms with Crippen LogP contribution in [-0.2, 0) is 6.42 Å². The van der Waals surface area contributed by atoms with Crippen LogP contribution in [-0.4, -0.2) is 16.7 Å². The molecule has 1 atom stereocenters. The Morgan fingerprint density at radius 1 is 1.27 bits per heavy atom. The zero-order chi connectivity index (χ0) is 11.4. The predicted molar refractivity (Wildman–Crippen MR) is 59.5 cm³/mol. The van der Waals surface area contributed by atoms with Gasteiger partial charge in [-0.05, 0) is 11.8 Å². The lowest BCUT2D eigenvalue weighted by Crippen LogP contribution is -2.18. The van der Waals surface area contributed by atoms with E-state index in [1.165, 1.54) is 0 Å². The van der Waals surface area contributed by atoms with Gasteiger partial charge in [0.15, 0.2) is 5.82 Å². The van der Waals surface area contributed by atoms with Crippen LogP contribution in [0.4, 0.5) is 0 Å². The third-order valence-electron chi connectivity index (χ3n) is 2.45.